The third-order valence-corrected chi connectivity index (χ3v) is 7.66. The minimum atomic E-state index is -3.23. The molecule has 3 N–H and O–H groups in total. The molecule has 1 aromatic heterocycles. The number of likely N-dealkylation sites (tertiary alicyclic amines) is 1. The van der Waals surface area contributed by atoms with Crippen LogP contribution >= 0.6 is 12.4 Å². The fraction of sp³-hybridized carbons (Fsp3) is 0.593. The SMILES string of the molecule is CC(C)C(N)C(=O)N1CCCC1C(=O)N[C@@H](CC(=O)N1CCn2c(nnc2C(C)(F)F)C1)Cc1cc(F)c(F)cc1F.Cl. The van der Waals surface area contributed by atoms with Gasteiger partial charge in [-0.05, 0) is 36.8 Å². The largest absolute Gasteiger partial charge is 0.351 e. The number of nitrogens with zero attached hydrogens (tertiary/aromatic N) is 5. The summed E-state index contributed by atoms with van der Waals surface area (Å²) in [6, 6.07) is -1.72. The zero-order valence-corrected chi connectivity index (χ0v) is 24.8. The van der Waals surface area contributed by atoms with Crippen molar-refractivity contribution in [3.05, 3.63) is 46.8 Å². The molecular formula is C27H35ClF5N7O3. The van der Waals surface area contributed by atoms with Gasteiger partial charge in [0.2, 0.25) is 23.5 Å². The molecule has 0 aliphatic carbocycles. The standard InChI is InChI=1S/C27H34F5N7O3.ClH/c1-14(2)23(33)25(42)38-6-4-5-20(38)24(41)34-16(9-15-10-18(29)19(30)12-17(15)28)11-22(40)37-7-8-39-21(13-37)35-36-26(39)27(3,31)32;/h10,12,14,16,20,23H,4-9,11,13,33H2,1-3H3,(H,34,41);1H/t16-,20?,23?;/m1./s1. The summed E-state index contributed by atoms with van der Waals surface area (Å²) in [4.78, 5) is 42.3. The van der Waals surface area contributed by atoms with Gasteiger partial charge in [-0.25, -0.2) is 13.2 Å². The number of rotatable bonds is 9. The van der Waals surface area contributed by atoms with Crippen LogP contribution in [-0.2, 0) is 39.8 Å². The lowest BCUT2D eigenvalue weighted by molar-refractivity contribution is -0.141. The lowest BCUT2D eigenvalue weighted by Gasteiger charge is -2.31. The maximum Gasteiger partial charge on any atom is 0.304 e. The summed E-state index contributed by atoms with van der Waals surface area (Å²) in [6.45, 7) is 4.50. The Morgan fingerprint density at radius 2 is 1.74 bits per heavy atom. The van der Waals surface area contributed by atoms with Gasteiger partial charge in [-0.1, -0.05) is 13.8 Å². The van der Waals surface area contributed by atoms with Crippen molar-refractivity contribution >= 4 is 30.1 Å². The molecule has 16 heteroatoms. The summed E-state index contributed by atoms with van der Waals surface area (Å²) in [5.41, 5.74) is 5.76. The minimum Gasteiger partial charge on any atom is -0.351 e. The van der Waals surface area contributed by atoms with E-state index in [0.29, 0.717) is 38.4 Å². The third-order valence-electron chi connectivity index (χ3n) is 7.66. The van der Waals surface area contributed by atoms with Crippen molar-refractivity contribution in [3.8, 4) is 0 Å². The molecule has 1 saturated heterocycles. The van der Waals surface area contributed by atoms with Crippen molar-refractivity contribution < 1.29 is 36.3 Å². The lowest BCUT2D eigenvalue weighted by atomic mass is 10.0. The number of fused-ring (bicyclic) bond motifs is 1. The van der Waals surface area contributed by atoms with E-state index in [2.05, 4.69) is 15.5 Å². The monoisotopic (exact) mass is 635 g/mol. The van der Waals surface area contributed by atoms with Crippen LogP contribution in [0.2, 0.25) is 0 Å². The summed E-state index contributed by atoms with van der Waals surface area (Å²) in [5, 5.41) is 10.0. The summed E-state index contributed by atoms with van der Waals surface area (Å²) < 4.78 is 71.0. The molecule has 0 bridgehead atoms. The lowest BCUT2D eigenvalue weighted by Crippen LogP contribution is -2.54. The number of hydrogen-bond acceptors (Lipinski definition) is 6. The molecule has 0 saturated carbocycles. The van der Waals surface area contributed by atoms with Crippen LogP contribution < -0.4 is 11.1 Å². The molecule has 10 nitrogen and oxygen atoms in total. The number of amides is 3. The van der Waals surface area contributed by atoms with E-state index in [4.69, 9.17) is 5.73 Å². The van der Waals surface area contributed by atoms with Gasteiger partial charge in [0.05, 0.1) is 12.6 Å². The fourth-order valence-corrected chi connectivity index (χ4v) is 5.27. The predicted octanol–water partition coefficient (Wildman–Crippen LogP) is 2.66. The van der Waals surface area contributed by atoms with Crippen LogP contribution in [0.5, 0.6) is 0 Å². The molecule has 2 aliphatic rings. The Kier molecular flexibility index (Phi) is 10.8. The van der Waals surface area contributed by atoms with Gasteiger partial charge in [0.1, 0.15) is 11.9 Å². The van der Waals surface area contributed by atoms with Gasteiger partial charge < -0.3 is 25.4 Å². The van der Waals surface area contributed by atoms with Crippen LogP contribution in [0.1, 0.15) is 57.2 Å². The van der Waals surface area contributed by atoms with E-state index in [9.17, 15) is 36.3 Å². The summed E-state index contributed by atoms with van der Waals surface area (Å²) in [7, 11) is 0. The molecule has 2 aromatic rings. The highest BCUT2D eigenvalue weighted by Crippen LogP contribution is 2.28. The molecule has 1 fully saturated rings. The highest BCUT2D eigenvalue weighted by molar-refractivity contribution is 5.91. The number of carbonyl (C=O) groups excluding carboxylic acids is 3. The van der Waals surface area contributed by atoms with E-state index in [1.165, 1.54) is 14.4 Å². The van der Waals surface area contributed by atoms with Crippen molar-refractivity contribution in [3.63, 3.8) is 0 Å². The van der Waals surface area contributed by atoms with Crippen LogP contribution in [0, 0.1) is 23.4 Å². The van der Waals surface area contributed by atoms with Crippen LogP contribution in [0.25, 0.3) is 0 Å². The topological polar surface area (TPSA) is 126 Å². The summed E-state index contributed by atoms with van der Waals surface area (Å²) >= 11 is 0. The first-order chi connectivity index (χ1) is 19.7. The quantitative estimate of drug-likeness (QED) is 0.322. The Morgan fingerprint density at radius 1 is 1.07 bits per heavy atom. The molecule has 0 radical (unpaired) electrons. The Hall–Kier alpha value is -3.33. The zero-order chi connectivity index (χ0) is 30.9. The Bertz CT molecular complexity index is 1350. The molecular weight excluding hydrogens is 601 g/mol. The average Bonchev–Trinajstić information content (AvgIpc) is 3.58. The second-order valence-electron chi connectivity index (χ2n) is 11.2. The number of nitrogens with one attached hydrogen (secondary N) is 1. The van der Waals surface area contributed by atoms with Crippen LogP contribution in [0.3, 0.4) is 0 Å². The van der Waals surface area contributed by atoms with Crippen LogP contribution in [0.15, 0.2) is 12.1 Å². The summed E-state index contributed by atoms with van der Waals surface area (Å²) in [6.07, 6.45) is 0.155. The number of halogens is 6. The molecule has 4 rings (SSSR count). The first kappa shape index (κ1) is 34.2. The molecule has 238 valence electrons. The van der Waals surface area contributed by atoms with Crippen molar-refractivity contribution in [1.29, 1.82) is 0 Å². The predicted molar refractivity (Wildman–Crippen MR) is 146 cm³/mol. The van der Waals surface area contributed by atoms with Gasteiger partial charge in [0.15, 0.2) is 17.5 Å². The van der Waals surface area contributed by atoms with Crippen molar-refractivity contribution in [2.24, 2.45) is 11.7 Å². The highest BCUT2D eigenvalue weighted by atomic mass is 35.5. The second-order valence-corrected chi connectivity index (χ2v) is 11.2. The van der Waals surface area contributed by atoms with E-state index in [0.717, 1.165) is 0 Å². The van der Waals surface area contributed by atoms with Crippen molar-refractivity contribution in [2.45, 2.75) is 83.6 Å². The maximum atomic E-state index is 14.6. The number of nitrogens with two attached hydrogens (primary N) is 1. The first-order valence-electron chi connectivity index (χ1n) is 13.7. The van der Waals surface area contributed by atoms with E-state index >= 15 is 0 Å². The first-order valence-corrected chi connectivity index (χ1v) is 13.7. The Labute approximate surface area is 251 Å². The number of alkyl halides is 2. The number of aromatic nitrogens is 3. The molecule has 0 spiro atoms. The molecule has 3 atom stereocenters. The third kappa shape index (κ3) is 7.61. The molecule has 43 heavy (non-hydrogen) atoms. The normalized spacial score (nSPS) is 18.2. The van der Waals surface area contributed by atoms with Gasteiger partial charge >= 0.3 is 5.92 Å². The van der Waals surface area contributed by atoms with E-state index in [-0.39, 0.29) is 62.2 Å². The smallest absolute Gasteiger partial charge is 0.304 e. The molecule has 3 heterocycles. The van der Waals surface area contributed by atoms with E-state index in [1.807, 2.05) is 0 Å². The highest BCUT2D eigenvalue weighted by Gasteiger charge is 2.39. The van der Waals surface area contributed by atoms with Crippen LogP contribution in [0.4, 0.5) is 22.0 Å². The molecule has 2 unspecified atom stereocenters. The van der Waals surface area contributed by atoms with Crippen molar-refractivity contribution in [2.75, 3.05) is 13.1 Å². The maximum absolute atomic E-state index is 14.6. The molecule has 3 amide bonds. The summed E-state index contributed by atoms with van der Waals surface area (Å²) in [5.74, 6) is -8.99. The second kappa shape index (κ2) is 13.5. The zero-order valence-electron chi connectivity index (χ0n) is 24.0. The van der Waals surface area contributed by atoms with E-state index < -0.39 is 65.0 Å². The van der Waals surface area contributed by atoms with E-state index in [1.54, 1.807) is 13.8 Å². The average molecular weight is 636 g/mol. The minimum absolute atomic E-state index is 0. The molecule has 2 aliphatic heterocycles. The number of hydrogen-bond donors (Lipinski definition) is 2. The number of benzene rings is 1. The van der Waals surface area contributed by atoms with Gasteiger partial charge in [0, 0.05) is 45.1 Å². The van der Waals surface area contributed by atoms with Gasteiger partial charge in [-0.3, -0.25) is 14.4 Å². The Morgan fingerprint density at radius 3 is 2.40 bits per heavy atom. The van der Waals surface area contributed by atoms with Gasteiger partial charge in [0.25, 0.3) is 0 Å². The fourth-order valence-electron chi connectivity index (χ4n) is 5.27. The van der Waals surface area contributed by atoms with Gasteiger partial charge in [-0.2, -0.15) is 8.78 Å². The van der Waals surface area contributed by atoms with Crippen LogP contribution in [-0.4, -0.2) is 73.5 Å². The number of carbonyl (C=O) groups is 3. The molecule has 1 aromatic carbocycles. The Balaban J connectivity index is 0.00000506. The van der Waals surface area contributed by atoms with Gasteiger partial charge in [-0.15, -0.1) is 22.6 Å². The van der Waals surface area contributed by atoms with Crippen molar-refractivity contribution in [1.82, 2.24) is 29.9 Å².